The van der Waals surface area contributed by atoms with E-state index in [9.17, 15) is 9.18 Å². The third-order valence-electron chi connectivity index (χ3n) is 4.20. The van der Waals surface area contributed by atoms with Crippen molar-refractivity contribution < 1.29 is 13.9 Å². The predicted octanol–water partition coefficient (Wildman–Crippen LogP) is 4.05. The van der Waals surface area contributed by atoms with Crippen LogP contribution in [0.25, 0.3) is 0 Å². The molecule has 0 fully saturated rings. The van der Waals surface area contributed by atoms with Crippen LogP contribution in [0.2, 0.25) is 0 Å². The number of rotatable bonds is 8. The van der Waals surface area contributed by atoms with Gasteiger partial charge in [0.2, 0.25) is 6.10 Å². The summed E-state index contributed by atoms with van der Waals surface area (Å²) < 4.78 is 19.5. The lowest BCUT2D eigenvalue weighted by atomic mass is 10.1. The molecule has 2 N–H and O–H groups in total. The van der Waals surface area contributed by atoms with Crippen molar-refractivity contribution in [1.29, 1.82) is 5.26 Å². The van der Waals surface area contributed by atoms with Gasteiger partial charge in [-0.05, 0) is 24.3 Å². The molecule has 0 radical (unpaired) electrons. The first-order valence-corrected chi connectivity index (χ1v) is 9.16. The number of para-hydroxylation sites is 1. The second kappa shape index (κ2) is 9.90. The van der Waals surface area contributed by atoms with E-state index in [-0.39, 0.29) is 18.0 Å². The van der Waals surface area contributed by atoms with E-state index in [1.165, 1.54) is 12.1 Å². The van der Waals surface area contributed by atoms with E-state index >= 15 is 0 Å². The van der Waals surface area contributed by atoms with Crippen molar-refractivity contribution in [3.05, 3.63) is 95.8 Å². The summed E-state index contributed by atoms with van der Waals surface area (Å²) in [4.78, 5) is 12.8. The number of hydrogen-bond donors (Lipinski definition) is 2. The minimum Gasteiger partial charge on any atom is -0.476 e. The number of nitrogens with one attached hydrogen (secondary N) is 2. The van der Waals surface area contributed by atoms with E-state index < -0.39 is 11.9 Å². The lowest BCUT2D eigenvalue weighted by molar-refractivity contribution is -0.128. The molecule has 1 amide bonds. The zero-order valence-corrected chi connectivity index (χ0v) is 15.6. The molecule has 29 heavy (non-hydrogen) atoms. The number of benzene rings is 3. The summed E-state index contributed by atoms with van der Waals surface area (Å²) in [5, 5.41) is 14.9. The lowest BCUT2D eigenvalue weighted by Gasteiger charge is -2.19. The highest BCUT2D eigenvalue weighted by Gasteiger charge is 2.22. The normalized spacial score (nSPS) is 11.2. The van der Waals surface area contributed by atoms with Gasteiger partial charge in [-0.25, -0.2) is 4.39 Å². The monoisotopic (exact) mass is 389 g/mol. The molecule has 146 valence electrons. The first-order valence-electron chi connectivity index (χ1n) is 9.16. The average molecular weight is 389 g/mol. The highest BCUT2D eigenvalue weighted by atomic mass is 19.1. The topological polar surface area (TPSA) is 74.2 Å². The molecule has 3 aromatic rings. The number of carbonyl (C=O) groups is 1. The molecule has 0 saturated carbocycles. The molecule has 0 aliphatic heterocycles. The van der Waals surface area contributed by atoms with Crippen LogP contribution in [0, 0.1) is 17.1 Å². The van der Waals surface area contributed by atoms with E-state index in [4.69, 9.17) is 10.00 Å². The quantitative estimate of drug-likeness (QED) is 0.570. The van der Waals surface area contributed by atoms with Crippen molar-refractivity contribution >= 4 is 11.6 Å². The van der Waals surface area contributed by atoms with E-state index in [0.717, 1.165) is 5.56 Å². The van der Waals surface area contributed by atoms with Gasteiger partial charge in [-0.3, -0.25) is 4.79 Å². The van der Waals surface area contributed by atoms with Crippen molar-refractivity contribution in [1.82, 2.24) is 5.32 Å². The van der Waals surface area contributed by atoms with Gasteiger partial charge in [0.15, 0.2) is 0 Å². The van der Waals surface area contributed by atoms with Gasteiger partial charge in [0.1, 0.15) is 23.2 Å². The van der Waals surface area contributed by atoms with Crippen LogP contribution in [0.3, 0.4) is 0 Å². The standard InChI is InChI=1S/C23H20FN3O2/c24-20-12-7-13-21(19(20)16-25)26-14-15-27-23(28)22(17-8-3-1-4-9-17)29-18-10-5-2-6-11-18/h1-13,22,26H,14-15H2,(H,27,28). The highest BCUT2D eigenvalue weighted by Crippen LogP contribution is 2.22. The van der Waals surface area contributed by atoms with Gasteiger partial charge in [-0.1, -0.05) is 54.6 Å². The van der Waals surface area contributed by atoms with Crippen LogP contribution in [0.4, 0.5) is 10.1 Å². The number of carbonyl (C=O) groups excluding carboxylic acids is 1. The van der Waals surface area contributed by atoms with Gasteiger partial charge >= 0.3 is 0 Å². The average Bonchev–Trinajstić information content (AvgIpc) is 2.76. The number of hydrogen-bond acceptors (Lipinski definition) is 4. The van der Waals surface area contributed by atoms with Crippen LogP contribution in [0.1, 0.15) is 17.2 Å². The largest absolute Gasteiger partial charge is 0.476 e. The Kier molecular flexibility index (Phi) is 6.80. The Labute approximate surface area is 168 Å². The summed E-state index contributed by atoms with van der Waals surface area (Å²) in [5.41, 5.74) is 1.08. The fourth-order valence-corrected chi connectivity index (χ4v) is 2.80. The molecule has 3 aromatic carbocycles. The minimum atomic E-state index is -0.803. The van der Waals surface area contributed by atoms with Crippen molar-refractivity contribution in [3.63, 3.8) is 0 Å². The SMILES string of the molecule is N#Cc1c(F)cccc1NCCNC(=O)C(Oc1ccccc1)c1ccccc1. The summed E-state index contributed by atoms with van der Waals surface area (Å²) >= 11 is 0. The summed E-state index contributed by atoms with van der Waals surface area (Å²) in [5.74, 6) is -0.281. The Morgan fingerprint density at radius 2 is 1.66 bits per heavy atom. The summed E-state index contributed by atoms with van der Waals surface area (Å²) in [6.07, 6.45) is -0.803. The van der Waals surface area contributed by atoms with Crippen LogP contribution in [0.15, 0.2) is 78.9 Å². The maximum Gasteiger partial charge on any atom is 0.265 e. The van der Waals surface area contributed by atoms with Crippen molar-refractivity contribution in [2.45, 2.75) is 6.10 Å². The molecule has 0 aliphatic rings. The second-order valence-electron chi connectivity index (χ2n) is 6.21. The summed E-state index contributed by atoms with van der Waals surface area (Å²) in [6, 6.07) is 24.6. The third-order valence-corrected chi connectivity index (χ3v) is 4.20. The van der Waals surface area contributed by atoms with Crippen molar-refractivity contribution in [2.75, 3.05) is 18.4 Å². The molecule has 0 aromatic heterocycles. The molecule has 1 atom stereocenters. The number of amides is 1. The van der Waals surface area contributed by atoms with Crippen LogP contribution < -0.4 is 15.4 Å². The molecule has 0 spiro atoms. The third kappa shape index (κ3) is 5.33. The first kappa shape index (κ1) is 19.9. The fourth-order valence-electron chi connectivity index (χ4n) is 2.80. The van der Waals surface area contributed by atoms with Crippen molar-refractivity contribution in [2.24, 2.45) is 0 Å². The highest BCUT2D eigenvalue weighted by molar-refractivity contribution is 5.82. The van der Waals surface area contributed by atoms with E-state index in [2.05, 4.69) is 10.6 Å². The molecule has 0 bridgehead atoms. The van der Waals surface area contributed by atoms with E-state index in [0.29, 0.717) is 18.0 Å². The first-order chi connectivity index (χ1) is 14.2. The van der Waals surface area contributed by atoms with Crippen LogP contribution in [0.5, 0.6) is 5.75 Å². The fraction of sp³-hybridized carbons (Fsp3) is 0.130. The smallest absolute Gasteiger partial charge is 0.265 e. The predicted molar refractivity (Wildman–Crippen MR) is 109 cm³/mol. The number of halogens is 1. The van der Waals surface area contributed by atoms with Gasteiger partial charge in [-0.2, -0.15) is 5.26 Å². The van der Waals surface area contributed by atoms with Crippen LogP contribution in [-0.4, -0.2) is 19.0 Å². The summed E-state index contributed by atoms with van der Waals surface area (Å²) in [6.45, 7) is 0.610. The number of nitriles is 1. The molecule has 0 heterocycles. The Hall–Kier alpha value is -3.85. The van der Waals surface area contributed by atoms with E-state index in [1.807, 2.05) is 54.6 Å². The molecule has 3 rings (SSSR count). The van der Waals surface area contributed by atoms with Gasteiger partial charge in [-0.15, -0.1) is 0 Å². The number of ether oxygens (including phenoxy) is 1. The zero-order chi connectivity index (χ0) is 20.5. The van der Waals surface area contributed by atoms with Crippen LogP contribution >= 0.6 is 0 Å². The molecular weight excluding hydrogens is 369 g/mol. The Morgan fingerprint density at radius 3 is 2.34 bits per heavy atom. The van der Waals surface area contributed by atoms with Gasteiger partial charge < -0.3 is 15.4 Å². The van der Waals surface area contributed by atoms with Gasteiger partial charge in [0, 0.05) is 18.7 Å². The molecule has 0 saturated heterocycles. The van der Waals surface area contributed by atoms with Crippen molar-refractivity contribution in [3.8, 4) is 11.8 Å². The maximum absolute atomic E-state index is 13.6. The van der Waals surface area contributed by atoms with Gasteiger partial charge in [0.25, 0.3) is 5.91 Å². The molecule has 5 nitrogen and oxygen atoms in total. The molecule has 0 aliphatic carbocycles. The Balaban J connectivity index is 1.62. The summed E-state index contributed by atoms with van der Waals surface area (Å²) in [7, 11) is 0. The molecular formula is C23H20FN3O2. The Bertz CT molecular complexity index is 988. The second-order valence-corrected chi connectivity index (χ2v) is 6.21. The minimum absolute atomic E-state index is 0.0478. The molecule has 6 heteroatoms. The Morgan fingerprint density at radius 1 is 0.966 bits per heavy atom. The van der Waals surface area contributed by atoms with E-state index in [1.54, 1.807) is 18.2 Å². The lowest BCUT2D eigenvalue weighted by Crippen LogP contribution is -2.35. The number of anilines is 1. The number of nitrogens with zero attached hydrogens (tertiary/aromatic N) is 1. The van der Waals surface area contributed by atoms with Gasteiger partial charge in [0.05, 0.1) is 5.69 Å². The molecule has 1 unspecified atom stereocenters. The van der Waals surface area contributed by atoms with Crippen LogP contribution in [-0.2, 0) is 4.79 Å². The maximum atomic E-state index is 13.6. The zero-order valence-electron chi connectivity index (χ0n) is 15.6.